The van der Waals surface area contributed by atoms with Gasteiger partial charge in [-0.05, 0) is 24.5 Å². The molecule has 0 radical (unpaired) electrons. The number of carbonyl (C=O) groups excluding carboxylic acids is 1. The van der Waals surface area contributed by atoms with Crippen molar-refractivity contribution >= 4 is 11.5 Å². The van der Waals surface area contributed by atoms with Crippen molar-refractivity contribution in [3.63, 3.8) is 0 Å². The summed E-state index contributed by atoms with van der Waals surface area (Å²) in [4.78, 5) is 11.9. The maximum atomic E-state index is 11.9. The van der Waals surface area contributed by atoms with Gasteiger partial charge < -0.3 is 5.41 Å². The van der Waals surface area contributed by atoms with Crippen LogP contribution in [0.4, 0.5) is 0 Å². The van der Waals surface area contributed by atoms with E-state index >= 15 is 0 Å². The number of Topliss-reactive ketones (excluding diaryl/α,β-unsaturated/α-hetero) is 1. The zero-order chi connectivity index (χ0) is 12.8. The Bertz CT molecular complexity index is 429. The molecule has 0 bridgehead atoms. The number of hydrogen-bond donors (Lipinski definition) is 1. The normalized spacial score (nSPS) is 10.0. The van der Waals surface area contributed by atoms with Gasteiger partial charge in [0.05, 0.1) is 0 Å². The van der Waals surface area contributed by atoms with E-state index in [0.717, 1.165) is 18.4 Å². The van der Waals surface area contributed by atoms with Crippen LogP contribution in [0.25, 0.3) is 0 Å². The van der Waals surface area contributed by atoms with Gasteiger partial charge in [-0.15, -0.1) is 0 Å². The molecule has 2 nitrogen and oxygen atoms in total. The van der Waals surface area contributed by atoms with Gasteiger partial charge in [-0.2, -0.15) is 0 Å². The van der Waals surface area contributed by atoms with Crippen molar-refractivity contribution in [1.82, 2.24) is 0 Å². The summed E-state index contributed by atoms with van der Waals surface area (Å²) in [5, 5.41) is 7.41. The van der Waals surface area contributed by atoms with Gasteiger partial charge >= 0.3 is 0 Å². The smallest absolute Gasteiger partial charge is 0.188 e. The monoisotopic (exact) mass is 229 g/mol. The minimum atomic E-state index is 0.0324. The Hall–Kier alpha value is -1.70. The maximum Gasteiger partial charge on any atom is 0.188 e. The lowest BCUT2D eigenvalue weighted by Crippen LogP contribution is -2.03. The van der Waals surface area contributed by atoms with Crippen molar-refractivity contribution < 1.29 is 4.79 Å². The largest absolute Gasteiger partial charge is 0.310 e. The Balaban J connectivity index is 2.77. The third-order valence-corrected chi connectivity index (χ3v) is 2.56. The number of nitrogens with one attached hydrogen (secondary N) is 1. The van der Waals surface area contributed by atoms with E-state index in [1.165, 1.54) is 0 Å². The molecule has 1 N–H and O–H groups in total. The zero-order valence-corrected chi connectivity index (χ0v) is 10.5. The molecule has 0 amide bonds. The van der Waals surface area contributed by atoms with Gasteiger partial charge in [0.2, 0.25) is 0 Å². The van der Waals surface area contributed by atoms with Crippen LogP contribution in [0.2, 0.25) is 0 Å². The van der Waals surface area contributed by atoms with Crippen molar-refractivity contribution in [2.75, 3.05) is 0 Å². The molecule has 0 fully saturated rings. The van der Waals surface area contributed by atoms with Gasteiger partial charge in [0.15, 0.2) is 5.78 Å². The molecule has 0 saturated heterocycles. The lowest BCUT2D eigenvalue weighted by molar-refractivity contribution is 0.103. The van der Waals surface area contributed by atoms with E-state index in [9.17, 15) is 4.79 Å². The lowest BCUT2D eigenvalue weighted by atomic mass is 9.99. The van der Waals surface area contributed by atoms with Crippen LogP contribution >= 0.6 is 0 Å². The summed E-state index contributed by atoms with van der Waals surface area (Å²) >= 11 is 0. The number of rotatable bonds is 6. The molecule has 17 heavy (non-hydrogen) atoms. The molecular weight excluding hydrogens is 210 g/mol. The van der Waals surface area contributed by atoms with Crippen molar-refractivity contribution in [2.45, 2.75) is 33.1 Å². The average molecular weight is 229 g/mol. The molecule has 90 valence electrons. The van der Waals surface area contributed by atoms with Crippen LogP contribution < -0.4 is 0 Å². The van der Waals surface area contributed by atoms with Gasteiger partial charge in [-0.1, -0.05) is 44.2 Å². The quantitative estimate of drug-likeness (QED) is 0.450. The van der Waals surface area contributed by atoms with E-state index < -0.39 is 0 Å². The van der Waals surface area contributed by atoms with Crippen molar-refractivity contribution in [2.24, 2.45) is 0 Å². The summed E-state index contributed by atoms with van der Waals surface area (Å²) in [6.45, 7) is 7.62. The van der Waals surface area contributed by atoms with Crippen LogP contribution in [-0.2, 0) is 6.42 Å². The summed E-state index contributed by atoms with van der Waals surface area (Å²) < 4.78 is 0. The molecule has 2 heteroatoms. The van der Waals surface area contributed by atoms with E-state index in [2.05, 4.69) is 6.58 Å². The van der Waals surface area contributed by atoms with Crippen LogP contribution in [-0.4, -0.2) is 11.5 Å². The summed E-state index contributed by atoms with van der Waals surface area (Å²) in [7, 11) is 0. The van der Waals surface area contributed by atoms with Gasteiger partial charge in [0, 0.05) is 17.7 Å². The van der Waals surface area contributed by atoms with Crippen LogP contribution in [0, 0.1) is 5.41 Å². The minimum Gasteiger partial charge on any atom is -0.310 e. The molecular formula is C15H19NO. The first-order valence-electron chi connectivity index (χ1n) is 5.90. The number of carbonyl (C=O) groups is 1. The predicted molar refractivity (Wildman–Crippen MR) is 71.9 cm³/mol. The third kappa shape index (κ3) is 3.99. The van der Waals surface area contributed by atoms with Gasteiger partial charge in [0.25, 0.3) is 0 Å². The van der Waals surface area contributed by atoms with E-state index in [0.29, 0.717) is 23.3 Å². The molecule has 0 atom stereocenters. The number of ketones is 1. The van der Waals surface area contributed by atoms with Crippen LogP contribution in [0.5, 0.6) is 0 Å². The van der Waals surface area contributed by atoms with Gasteiger partial charge in [-0.3, -0.25) is 4.79 Å². The second kappa shape index (κ2) is 6.14. The number of benzene rings is 1. The zero-order valence-electron chi connectivity index (χ0n) is 10.5. The molecule has 0 saturated carbocycles. The Labute approximate surface area is 103 Å². The Morgan fingerprint density at radius 1 is 1.29 bits per heavy atom. The highest BCUT2D eigenvalue weighted by Crippen LogP contribution is 2.13. The van der Waals surface area contributed by atoms with E-state index in [4.69, 9.17) is 5.41 Å². The van der Waals surface area contributed by atoms with E-state index in [1.54, 1.807) is 6.92 Å². The summed E-state index contributed by atoms with van der Waals surface area (Å²) in [5.74, 6) is 0.0324. The minimum absolute atomic E-state index is 0.0324. The standard InChI is InChI=1S/C15H19NO/c1-4-5-11(2)15(17)14-8-6-13(7-9-14)10-12(3)16/h6-9,16H,2,4-5,10H2,1,3H3. The molecule has 0 aliphatic carbocycles. The first kappa shape index (κ1) is 13.4. The maximum absolute atomic E-state index is 11.9. The van der Waals surface area contributed by atoms with Crippen LogP contribution in [0.1, 0.15) is 42.6 Å². The first-order chi connectivity index (χ1) is 8.04. The highest BCUT2D eigenvalue weighted by atomic mass is 16.1. The molecule has 1 aromatic carbocycles. The first-order valence-corrected chi connectivity index (χ1v) is 5.90. The van der Waals surface area contributed by atoms with Gasteiger partial charge in [-0.25, -0.2) is 0 Å². The fourth-order valence-electron chi connectivity index (χ4n) is 1.70. The highest BCUT2D eigenvalue weighted by Gasteiger charge is 2.09. The Morgan fingerprint density at radius 2 is 1.88 bits per heavy atom. The fourth-order valence-corrected chi connectivity index (χ4v) is 1.70. The van der Waals surface area contributed by atoms with Crippen molar-refractivity contribution in [3.05, 3.63) is 47.5 Å². The molecule has 0 aliphatic heterocycles. The fraction of sp³-hybridized carbons (Fsp3) is 0.333. The molecule has 1 rings (SSSR count). The molecule has 1 aromatic rings. The molecule has 0 unspecified atom stereocenters. The van der Waals surface area contributed by atoms with Crippen molar-refractivity contribution in [3.8, 4) is 0 Å². The Kier molecular flexibility index (Phi) is 4.83. The highest BCUT2D eigenvalue weighted by molar-refractivity contribution is 6.08. The second-order valence-corrected chi connectivity index (χ2v) is 4.34. The summed E-state index contributed by atoms with van der Waals surface area (Å²) in [5.41, 5.74) is 3.05. The van der Waals surface area contributed by atoms with Crippen LogP contribution in [0.3, 0.4) is 0 Å². The van der Waals surface area contributed by atoms with E-state index in [1.807, 2.05) is 31.2 Å². The second-order valence-electron chi connectivity index (χ2n) is 4.34. The van der Waals surface area contributed by atoms with Crippen molar-refractivity contribution in [1.29, 1.82) is 5.41 Å². The van der Waals surface area contributed by atoms with Crippen LogP contribution in [0.15, 0.2) is 36.4 Å². The predicted octanol–water partition coefficient (Wildman–Crippen LogP) is 3.81. The third-order valence-electron chi connectivity index (χ3n) is 2.56. The molecule has 0 aliphatic rings. The summed E-state index contributed by atoms with van der Waals surface area (Å²) in [6.07, 6.45) is 2.33. The lowest BCUT2D eigenvalue weighted by Gasteiger charge is -2.05. The molecule has 0 spiro atoms. The summed E-state index contributed by atoms with van der Waals surface area (Å²) in [6, 6.07) is 7.46. The number of hydrogen-bond acceptors (Lipinski definition) is 2. The van der Waals surface area contributed by atoms with E-state index in [-0.39, 0.29) is 5.78 Å². The SMILES string of the molecule is C=C(CCC)C(=O)c1ccc(CC(C)=N)cc1. The molecule has 0 aromatic heterocycles. The topological polar surface area (TPSA) is 40.9 Å². The number of allylic oxidation sites excluding steroid dienone is 1. The molecule has 0 heterocycles. The average Bonchev–Trinajstić information content (AvgIpc) is 2.28. The Morgan fingerprint density at radius 3 is 2.35 bits per heavy atom. The van der Waals surface area contributed by atoms with Gasteiger partial charge in [0.1, 0.15) is 0 Å².